The third-order valence-corrected chi connectivity index (χ3v) is 6.76. The highest BCUT2D eigenvalue weighted by Gasteiger charge is 2.25. The normalized spacial score (nSPS) is 14.6. The molecule has 0 fully saturated rings. The highest BCUT2D eigenvalue weighted by molar-refractivity contribution is 5.87. The first-order chi connectivity index (χ1) is 17.4. The lowest BCUT2D eigenvalue weighted by Gasteiger charge is -2.29. The Morgan fingerprint density at radius 2 is 1.61 bits per heavy atom. The summed E-state index contributed by atoms with van der Waals surface area (Å²) in [6.07, 6.45) is 1.72. The van der Waals surface area contributed by atoms with Gasteiger partial charge in [0, 0.05) is 43.2 Å². The van der Waals surface area contributed by atoms with Gasteiger partial charge in [-0.1, -0.05) is 12.1 Å². The van der Waals surface area contributed by atoms with E-state index in [4.69, 9.17) is 4.74 Å². The summed E-state index contributed by atoms with van der Waals surface area (Å²) in [5.74, 6) is -1.29. The Morgan fingerprint density at radius 1 is 0.944 bits per heavy atom. The zero-order chi connectivity index (χ0) is 25.2. The van der Waals surface area contributed by atoms with Crippen molar-refractivity contribution in [2.45, 2.75) is 38.8 Å². The average molecular weight is 493 g/mol. The van der Waals surface area contributed by atoms with Crippen LogP contribution in [0.15, 0.2) is 66.7 Å². The van der Waals surface area contributed by atoms with Crippen LogP contribution in [0, 0.1) is 17.5 Å². The predicted molar refractivity (Wildman–Crippen MR) is 132 cm³/mol. The molecule has 3 aromatic carbocycles. The number of fused-ring (bicyclic) bond motifs is 3. The van der Waals surface area contributed by atoms with E-state index >= 15 is 0 Å². The van der Waals surface area contributed by atoms with Crippen LogP contribution in [-0.4, -0.2) is 28.5 Å². The summed E-state index contributed by atoms with van der Waals surface area (Å²) in [7, 11) is 0. The Hall–Kier alpha value is -3.58. The van der Waals surface area contributed by atoms with Crippen molar-refractivity contribution in [3.05, 3.63) is 101 Å². The molecule has 4 aromatic rings. The van der Waals surface area contributed by atoms with Gasteiger partial charge in [-0.25, -0.2) is 13.2 Å². The Kier molecular flexibility index (Phi) is 6.83. The molecule has 36 heavy (non-hydrogen) atoms. The van der Waals surface area contributed by atoms with E-state index in [1.165, 1.54) is 37.3 Å². The van der Waals surface area contributed by atoms with Crippen LogP contribution >= 0.6 is 0 Å². The van der Waals surface area contributed by atoms with E-state index in [0.29, 0.717) is 13.0 Å². The predicted octanol–water partition coefficient (Wildman–Crippen LogP) is 6.49. The second kappa shape index (κ2) is 10.2. The number of aromatic nitrogens is 1. The van der Waals surface area contributed by atoms with Crippen molar-refractivity contribution in [3.8, 4) is 5.69 Å². The van der Waals surface area contributed by atoms with E-state index in [0.717, 1.165) is 59.3 Å². The summed E-state index contributed by atoms with van der Waals surface area (Å²) in [5.41, 5.74) is 4.72. The maximum Gasteiger partial charge on any atom is 0.303 e. The zero-order valence-electron chi connectivity index (χ0n) is 20.0. The molecule has 0 aliphatic carbocycles. The maximum absolute atomic E-state index is 14.2. The maximum atomic E-state index is 14.2. The lowest BCUT2D eigenvalue weighted by molar-refractivity contribution is -0.147. The molecule has 7 heteroatoms. The highest BCUT2D eigenvalue weighted by Crippen LogP contribution is 2.34. The molecule has 0 saturated heterocycles. The van der Waals surface area contributed by atoms with Crippen LogP contribution in [0.1, 0.15) is 42.7 Å². The minimum atomic E-state index is -0.432. The number of hydrogen-bond acceptors (Lipinski definition) is 3. The number of carbonyl (C=O) groups is 1. The topological polar surface area (TPSA) is 34.5 Å². The monoisotopic (exact) mass is 492 g/mol. The van der Waals surface area contributed by atoms with Gasteiger partial charge >= 0.3 is 5.97 Å². The summed E-state index contributed by atoms with van der Waals surface area (Å²) >= 11 is 0. The van der Waals surface area contributed by atoms with Gasteiger partial charge in [-0.3, -0.25) is 9.69 Å². The van der Waals surface area contributed by atoms with Crippen LogP contribution in [0.2, 0.25) is 0 Å². The number of halogens is 3. The number of nitrogens with zero attached hydrogens (tertiary/aromatic N) is 2. The second-order valence-corrected chi connectivity index (χ2v) is 9.22. The van der Waals surface area contributed by atoms with Crippen LogP contribution < -0.4 is 0 Å². The third kappa shape index (κ3) is 5.02. The molecular weight excluding hydrogens is 465 g/mol. The fourth-order valence-electron chi connectivity index (χ4n) is 5.13. The van der Waals surface area contributed by atoms with Crippen molar-refractivity contribution >= 4 is 16.9 Å². The van der Waals surface area contributed by atoms with Crippen LogP contribution in [0.4, 0.5) is 13.2 Å². The SMILES string of the molecule is CC(=O)OC(CCCN1CCc2c(c3cc(F)ccc3n2-c2ccc(F)cc2)C1)c1ccc(F)cc1. The molecule has 1 unspecified atom stereocenters. The van der Waals surface area contributed by atoms with Crippen LogP contribution in [0.3, 0.4) is 0 Å². The number of hydrogen-bond donors (Lipinski definition) is 0. The fraction of sp³-hybridized carbons (Fsp3) is 0.276. The molecular formula is C29H27F3N2O2. The second-order valence-electron chi connectivity index (χ2n) is 9.22. The lowest BCUT2D eigenvalue weighted by Crippen LogP contribution is -2.32. The average Bonchev–Trinajstić information content (AvgIpc) is 3.17. The van der Waals surface area contributed by atoms with Gasteiger partial charge in [-0.15, -0.1) is 0 Å². The molecule has 4 nitrogen and oxygen atoms in total. The first-order valence-corrected chi connectivity index (χ1v) is 12.1. The molecule has 186 valence electrons. The molecule has 0 bridgehead atoms. The first-order valence-electron chi connectivity index (χ1n) is 12.1. The van der Waals surface area contributed by atoms with Crippen molar-refractivity contribution in [2.24, 2.45) is 0 Å². The van der Waals surface area contributed by atoms with E-state index in [-0.39, 0.29) is 23.4 Å². The van der Waals surface area contributed by atoms with E-state index in [1.54, 1.807) is 36.4 Å². The summed E-state index contributed by atoms with van der Waals surface area (Å²) in [5, 5.41) is 0.864. The van der Waals surface area contributed by atoms with E-state index < -0.39 is 6.10 Å². The fourth-order valence-corrected chi connectivity index (χ4v) is 5.13. The van der Waals surface area contributed by atoms with Gasteiger partial charge < -0.3 is 9.30 Å². The molecule has 0 amide bonds. The Bertz CT molecular complexity index is 1380. The van der Waals surface area contributed by atoms with Crippen molar-refractivity contribution < 1.29 is 22.7 Å². The van der Waals surface area contributed by atoms with Gasteiger partial charge in [-0.05, 0) is 85.1 Å². The minimum Gasteiger partial charge on any atom is -0.458 e. The van der Waals surface area contributed by atoms with Gasteiger partial charge in [0.05, 0.1) is 5.52 Å². The minimum absolute atomic E-state index is 0.290. The smallest absolute Gasteiger partial charge is 0.303 e. The molecule has 0 spiro atoms. The zero-order valence-corrected chi connectivity index (χ0v) is 20.0. The summed E-state index contributed by atoms with van der Waals surface area (Å²) in [6.45, 7) is 3.63. The van der Waals surface area contributed by atoms with Crippen molar-refractivity contribution in [1.29, 1.82) is 0 Å². The Labute approximate surface area is 207 Å². The van der Waals surface area contributed by atoms with Crippen LogP contribution in [-0.2, 0) is 22.5 Å². The molecule has 0 radical (unpaired) electrons. The highest BCUT2D eigenvalue weighted by atomic mass is 19.1. The summed E-state index contributed by atoms with van der Waals surface area (Å²) in [4.78, 5) is 13.9. The molecule has 0 saturated carbocycles. The van der Waals surface area contributed by atoms with Gasteiger partial charge in [0.15, 0.2) is 0 Å². The summed E-state index contributed by atoms with van der Waals surface area (Å²) in [6, 6.07) is 17.2. The molecule has 5 rings (SSSR count). The van der Waals surface area contributed by atoms with Crippen molar-refractivity contribution in [3.63, 3.8) is 0 Å². The Morgan fingerprint density at radius 3 is 2.31 bits per heavy atom. The van der Waals surface area contributed by atoms with E-state index in [2.05, 4.69) is 9.47 Å². The molecule has 1 aliphatic heterocycles. The van der Waals surface area contributed by atoms with Gasteiger partial charge in [-0.2, -0.15) is 0 Å². The van der Waals surface area contributed by atoms with Crippen LogP contribution in [0.25, 0.3) is 16.6 Å². The summed E-state index contributed by atoms with van der Waals surface area (Å²) < 4.78 is 48.7. The Balaban J connectivity index is 1.35. The quantitative estimate of drug-likeness (QED) is 0.277. The van der Waals surface area contributed by atoms with Gasteiger partial charge in [0.25, 0.3) is 0 Å². The third-order valence-electron chi connectivity index (χ3n) is 6.76. The number of benzene rings is 3. The van der Waals surface area contributed by atoms with Crippen molar-refractivity contribution in [1.82, 2.24) is 9.47 Å². The number of esters is 1. The van der Waals surface area contributed by atoms with Gasteiger partial charge in [0.2, 0.25) is 0 Å². The molecule has 1 atom stereocenters. The molecule has 1 aliphatic rings. The van der Waals surface area contributed by atoms with Crippen LogP contribution in [0.5, 0.6) is 0 Å². The van der Waals surface area contributed by atoms with E-state index in [1.807, 2.05) is 0 Å². The van der Waals surface area contributed by atoms with Crippen molar-refractivity contribution in [2.75, 3.05) is 13.1 Å². The first kappa shape index (κ1) is 24.1. The van der Waals surface area contributed by atoms with Gasteiger partial charge in [0.1, 0.15) is 23.6 Å². The number of rotatable bonds is 7. The van der Waals surface area contributed by atoms with E-state index in [9.17, 15) is 18.0 Å². The standard InChI is InChI=1S/C29H27F3N2O2/c1-19(35)36-29(20-4-6-21(30)7-5-20)3-2-15-33-16-14-28-26(18-33)25-17-23(32)10-13-27(25)34(28)24-11-8-22(31)9-12-24/h4-13,17,29H,2-3,14-16,18H2,1H3. The molecule has 0 N–H and O–H groups in total. The lowest BCUT2D eigenvalue weighted by atomic mass is 10.0. The largest absolute Gasteiger partial charge is 0.458 e. The number of ether oxygens (including phenoxy) is 1. The molecule has 1 aromatic heterocycles. The number of carbonyl (C=O) groups excluding carboxylic acids is 1. The molecule has 2 heterocycles.